The van der Waals surface area contributed by atoms with Crippen LogP contribution in [0.15, 0.2) is 36.5 Å². The summed E-state index contributed by atoms with van der Waals surface area (Å²) in [7, 11) is 1.61. The molecule has 0 spiro atoms. The highest BCUT2D eigenvalue weighted by atomic mass is 16.5. The number of anilines is 1. The molecule has 0 bridgehead atoms. The Morgan fingerprint density at radius 2 is 1.84 bits per heavy atom. The molecule has 0 amide bonds. The summed E-state index contributed by atoms with van der Waals surface area (Å²) in [6.45, 7) is 3.63. The van der Waals surface area contributed by atoms with Crippen LogP contribution in [-0.4, -0.2) is 17.2 Å². The monoisotopic (exact) mass is 258 g/mol. The average Bonchev–Trinajstić information content (AvgIpc) is 2.38. The van der Waals surface area contributed by atoms with E-state index in [1.54, 1.807) is 20.2 Å². The fourth-order valence-corrected chi connectivity index (χ4v) is 2.27. The standard InChI is InChI=1S/C15H18N2O2/c1-10-8-9-17-14(16)13(10)15(2,18)11-4-6-12(19-3)7-5-11/h4-9,18H,1-3H3,(H2,16,17). The molecule has 3 N–H and O–H groups in total. The largest absolute Gasteiger partial charge is 0.497 e. The van der Waals surface area contributed by atoms with E-state index in [9.17, 15) is 5.11 Å². The van der Waals surface area contributed by atoms with Crippen molar-refractivity contribution in [2.24, 2.45) is 0 Å². The fourth-order valence-electron chi connectivity index (χ4n) is 2.27. The number of ether oxygens (including phenoxy) is 1. The lowest BCUT2D eigenvalue weighted by atomic mass is 9.86. The summed E-state index contributed by atoms with van der Waals surface area (Å²) in [6, 6.07) is 9.11. The Labute approximate surface area is 112 Å². The number of rotatable bonds is 3. The van der Waals surface area contributed by atoms with Gasteiger partial charge in [-0.1, -0.05) is 12.1 Å². The number of nitrogens with zero attached hydrogens (tertiary/aromatic N) is 1. The number of benzene rings is 1. The summed E-state index contributed by atoms with van der Waals surface area (Å²) in [6.07, 6.45) is 1.64. The molecular weight excluding hydrogens is 240 g/mol. The summed E-state index contributed by atoms with van der Waals surface area (Å²) in [5.41, 5.74) is 7.02. The SMILES string of the molecule is COc1ccc(C(C)(O)c2c(C)ccnc2N)cc1. The maximum absolute atomic E-state index is 10.8. The third-order valence-corrected chi connectivity index (χ3v) is 3.33. The van der Waals surface area contributed by atoms with Crippen LogP contribution in [0, 0.1) is 6.92 Å². The second-order valence-corrected chi connectivity index (χ2v) is 4.69. The molecule has 2 rings (SSSR count). The van der Waals surface area contributed by atoms with Crippen molar-refractivity contribution in [3.05, 3.63) is 53.2 Å². The first-order valence-corrected chi connectivity index (χ1v) is 6.05. The number of pyridine rings is 1. The summed E-state index contributed by atoms with van der Waals surface area (Å²) in [4.78, 5) is 4.06. The van der Waals surface area contributed by atoms with Crippen molar-refractivity contribution in [3.63, 3.8) is 0 Å². The first-order valence-electron chi connectivity index (χ1n) is 6.05. The van der Waals surface area contributed by atoms with Gasteiger partial charge in [0.1, 0.15) is 17.2 Å². The molecule has 0 fully saturated rings. The maximum atomic E-state index is 10.8. The van der Waals surface area contributed by atoms with Gasteiger partial charge in [-0.15, -0.1) is 0 Å². The minimum Gasteiger partial charge on any atom is -0.497 e. The van der Waals surface area contributed by atoms with Crippen molar-refractivity contribution in [3.8, 4) is 5.75 Å². The minimum absolute atomic E-state index is 0.348. The van der Waals surface area contributed by atoms with Crippen LogP contribution in [0.3, 0.4) is 0 Å². The molecule has 4 nitrogen and oxygen atoms in total. The molecule has 2 aromatic rings. The predicted octanol–water partition coefficient (Wildman–Crippen LogP) is 2.24. The molecule has 0 aliphatic carbocycles. The van der Waals surface area contributed by atoms with Crippen LogP contribution in [-0.2, 0) is 5.60 Å². The third kappa shape index (κ3) is 2.39. The second-order valence-electron chi connectivity index (χ2n) is 4.69. The molecule has 0 saturated heterocycles. The fraction of sp³-hybridized carbons (Fsp3) is 0.267. The van der Waals surface area contributed by atoms with Gasteiger partial charge in [0.25, 0.3) is 0 Å². The smallest absolute Gasteiger partial charge is 0.130 e. The van der Waals surface area contributed by atoms with Gasteiger partial charge in [0.2, 0.25) is 0 Å². The van der Waals surface area contributed by atoms with Crippen LogP contribution in [0.1, 0.15) is 23.6 Å². The van der Waals surface area contributed by atoms with Crippen LogP contribution >= 0.6 is 0 Å². The zero-order valence-electron chi connectivity index (χ0n) is 11.3. The number of aliphatic hydroxyl groups is 1. The molecule has 0 radical (unpaired) electrons. The first-order chi connectivity index (χ1) is 8.96. The third-order valence-electron chi connectivity index (χ3n) is 3.33. The van der Waals surface area contributed by atoms with Gasteiger partial charge in [-0.05, 0) is 43.2 Å². The number of hydrogen-bond acceptors (Lipinski definition) is 4. The Morgan fingerprint density at radius 3 is 2.37 bits per heavy atom. The van der Waals surface area contributed by atoms with Gasteiger partial charge in [-0.2, -0.15) is 0 Å². The van der Waals surface area contributed by atoms with E-state index in [0.717, 1.165) is 16.9 Å². The Morgan fingerprint density at radius 1 is 1.21 bits per heavy atom. The zero-order chi connectivity index (χ0) is 14.0. The van der Waals surface area contributed by atoms with E-state index in [0.29, 0.717) is 11.4 Å². The summed E-state index contributed by atoms with van der Waals surface area (Å²) < 4.78 is 5.12. The van der Waals surface area contributed by atoms with Gasteiger partial charge in [0, 0.05) is 11.8 Å². The van der Waals surface area contributed by atoms with Crippen molar-refractivity contribution < 1.29 is 9.84 Å². The van der Waals surface area contributed by atoms with Crippen LogP contribution in [0.4, 0.5) is 5.82 Å². The summed E-state index contributed by atoms with van der Waals surface area (Å²) in [5.74, 6) is 1.09. The van der Waals surface area contributed by atoms with Crippen LogP contribution in [0.5, 0.6) is 5.75 Å². The Hall–Kier alpha value is -2.07. The molecule has 0 aliphatic rings. The van der Waals surface area contributed by atoms with E-state index in [-0.39, 0.29) is 0 Å². The van der Waals surface area contributed by atoms with Gasteiger partial charge < -0.3 is 15.6 Å². The highest BCUT2D eigenvalue weighted by molar-refractivity contribution is 5.52. The zero-order valence-corrected chi connectivity index (χ0v) is 11.3. The van der Waals surface area contributed by atoms with E-state index in [1.165, 1.54) is 0 Å². The van der Waals surface area contributed by atoms with Gasteiger partial charge in [0.15, 0.2) is 0 Å². The van der Waals surface area contributed by atoms with E-state index in [1.807, 2.05) is 37.3 Å². The van der Waals surface area contributed by atoms with E-state index in [4.69, 9.17) is 10.5 Å². The van der Waals surface area contributed by atoms with Gasteiger partial charge in [0.05, 0.1) is 7.11 Å². The number of methoxy groups -OCH3 is 1. The number of aryl methyl sites for hydroxylation is 1. The molecular formula is C15H18N2O2. The molecule has 1 aromatic heterocycles. The lowest BCUT2D eigenvalue weighted by molar-refractivity contribution is 0.102. The average molecular weight is 258 g/mol. The van der Waals surface area contributed by atoms with Crippen molar-refractivity contribution in [2.75, 3.05) is 12.8 Å². The van der Waals surface area contributed by atoms with Crippen molar-refractivity contribution in [2.45, 2.75) is 19.4 Å². The van der Waals surface area contributed by atoms with Crippen LogP contribution < -0.4 is 10.5 Å². The summed E-state index contributed by atoms with van der Waals surface area (Å²) in [5, 5.41) is 10.8. The normalized spacial score (nSPS) is 13.9. The number of aromatic nitrogens is 1. The number of hydrogen-bond donors (Lipinski definition) is 2. The molecule has 1 atom stereocenters. The molecule has 100 valence electrons. The van der Waals surface area contributed by atoms with Gasteiger partial charge in [-0.3, -0.25) is 0 Å². The molecule has 0 aliphatic heterocycles. The molecule has 4 heteroatoms. The Bertz CT molecular complexity index is 557. The van der Waals surface area contributed by atoms with Crippen LogP contribution in [0.2, 0.25) is 0 Å². The van der Waals surface area contributed by atoms with Crippen LogP contribution in [0.25, 0.3) is 0 Å². The van der Waals surface area contributed by atoms with E-state index >= 15 is 0 Å². The second kappa shape index (κ2) is 4.90. The van der Waals surface area contributed by atoms with Crippen molar-refractivity contribution >= 4 is 5.82 Å². The lowest BCUT2D eigenvalue weighted by Crippen LogP contribution is -2.26. The summed E-state index contributed by atoms with van der Waals surface area (Å²) >= 11 is 0. The molecule has 1 aromatic carbocycles. The van der Waals surface area contributed by atoms with E-state index < -0.39 is 5.60 Å². The first kappa shape index (κ1) is 13.4. The van der Waals surface area contributed by atoms with Crippen molar-refractivity contribution in [1.29, 1.82) is 0 Å². The van der Waals surface area contributed by atoms with Crippen molar-refractivity contribution in [1.82, 2.24) is 4.98 Å². The van der Waals surface area contributed by atoms with Gasteiger partial charge in [-0.25, -0.2) is 4.98 Å². The minimum atomic E-state index is -1.19. The quantitative estimate of drug-likeness (QED) is 0.886. The number of nitrogens with two attached hydrogens (primary N) is 1. The molecule has 19 heavy (non-hydrogen) atoms. The molecule has 1 heterocycles. The van der Waals surface area contributed by atoms with Gasteiger partial charge >= 0.3 is 0 Å². The highest BCUT2D eigenvalue weighted by Gasteiger charge is 2.30. The highest BCUT2D eigenvalue weighted by Crippen LogP contribution is 2.34. The lowest BCUT2D eigenvalue weighted by Gasteiger charge is -2.27. The predicted molar refractivity (Wildman–Crippen MR) is 75.1 cm³/mol. The van der Waals surface area contributed by atoms with E-state index in [2.05, 4.69) is 4.98 Å². The topological polar surface area (TPSA) is 68.4 Å². The Kier molecular flexibility index (Phi) is 3.44. The molecule has 0 saturated carbocycles. The number of nitrogen functional groups attached to an aromatic ring is 1. The Balaban J connectivity index is 2.51. The molecule has 1 unspecified atom stereocenters. The maximum Gasteiger partial charge on any atom is 0.130 e.